The first kappa shape index (κ1) is 19.9. The van der Waals surface area contributed by atoms with Crippen LogP contribution in [0.4, 0.5) is 0 Å². The van der Waals surface area contributed by atoms with E-state index in [0.717, 1.165) is 6.42 Å². The van der Waals surface area contributed by atoms with Gasteiger partial charge in [-0.15, -0.1) is 0 Å². The van der Waals surface area contributed by atoms with Gasteiger partial charge in [-0.05, 0) is 52.4 Å². The van der Waals surface area contributed by atoms with Crippen LogP contribution in [0.2, 0.25) is 5.02 Å². The fourth-order valence-electron chi connectivity index (χ4n) is 1.87. The largest absolute Gasteiger partial charge is 0.352 e. The van der Waals surface area contributed by atoms with Crippen LogP contribution in [0.15, 0.2) is 23.1 Å². The second-order valence-electron chi connectivity index (χ2n) is 5.65. The molecule has 1 atom stereocenters. The van der Waals surface area contributed by atoms with Crippen molar-refractivity contribution in [3.63, 3.8) is 0 Å². The van der Waals surface area contributed by atoms with E-state index in [1.54, 1.807) is 13.8 Å². The summed E-state index contributed by atoms with van der Waals surface area (Å²) in [6.45, 7) is 5.93. The summed E-state index contributed by atoms with van der Waals surface area (Å²) in [7, 11) is -1.82. The van der Waals surface area contributed by atoms with Crippen LogP contribution < -0.4 is 15.4 Å². The Morgan fingerprint density at radius 1 is 1.26 bits per heavy atom. The summed E-state index contributed by atoms with van der Waals surface area (Å²) < 4.78 is 26.8. The molecule has 0 saturated heterocycles. The minimum absolute atomic E-state index is 0.0179. The highest BCUT2D eigenvalue weighted by Crippen LogP contribution is 2.20. The van der Waals surface area contributed by atoms with Gasteiger partial charge in [-0.2, -0.15) is 0 Å². The average molecular weight is 362 g/mol. The van der Waals surface area contributed by atoms with E-state index in [1.807, 2.05) is 14.0 Å². The number of carbonyl (C=O) groups is 1. The Labute approximate surface area is 143 Å². The Bertz CT molecular complexity index is 647. The smallest absolute Gasteiger partial charge is 0.252 e. The number of sulfonamides is 1. The molecule has 0 bridgehead atoms. The minimum Gasteiger partial charge on any atom is -0.352 e. The molecule has 0 spiro atoms. The van der Waals surface area contributed by atoms with Crippen molar-refractivity contribution in [2.24, 2.45) is 0 Å². The second kappa shape index (κ2) is 8.63. The van der Waals surface area contributed by atoms with Gasteiger partial charge in [-0.3, -0.25) is 4.79 Å². The van der Waals surface area contributed by atoms with Gasteiger partial charge < -0.3 is 10.6 Å². The number of halogens is 1. The molecule has 0 aliphatic carbocycles. The fraction of sp³-hybridized carbons (Fsp3) is 0.533. The van der Waals surface area contributed by atoms with Crippen molar-refractivity contribution in [1.82, 2.24) is 15.4 Å². The van der Waals surface area contributed by atoms with Crippen molar-refractivity contribution in [3.8, 4) is 0 Å². The molecule has 8 heteroatoms. The lowest BCUT2D eigenvalue weighted by Crippen LogP contribution is -2.32. The highest BCUT2D eigenvalue weighted by atomic mass is 35.5. The van der Waals surface area contributed by atoms with Crippen molar-refractivity contribution in [3.05, 3.63) is 28.8 Å². The van der Waals surface area contributed by atoms with Gasteiger partial charge in [0.2, 0.25) is 10.0 Å². The minimum atomic E-state index is -3.67. The molecule has 3 N–H and O–H groups in total. The number of hydrogen-bond donors (Lipinski definition) is 3. The van der Waals surface area contributed by atoms with Gasteiger partial charge in [-0.1, -0.05) is 11.6 Å². The molecular formula is C15H24ClN3O3S. The third-order valence-electron chi connectivity index (χ3n) is 3.24. The summed E-state index contributed by atoms with van der Waals surface area (Å²) in [5, 5.41) is 6.03. The summed E-state index contributed by atoms with van der Waals surface area (Å²) in [5.41, 5.74) is 0.149. The van der Waals surface area contributed by atoms with Crippen molar-refractivity contribution in [2.45, 2.75) is 44.2 Å². The molecule has 1 aromatic carbocycles. The lowest BCUT2D eigenvalue weighted by Gasteiger charge is -2.13. The lowest BCUT2D eigenvalue weighted by molar-refractivity contribution is 0.0952. The van der Waals surface area contributed by atoms with Gasteiger partial charge >= 0.3 is 0 Å². The van der Waals surface area contributed by atoms with E-state index in [4.69, 9.17) is 11.6 Å². The first-order valence-corrected chi connectivity index (χ1v) is 9.31. The van der Waals surface area contributed by atoms with Crippen LogP contribution in [0.25, 0.3) is 0 Å². The molecule has 1 amide bonds. The predicted molar refractivity (Wildman–Crippen MR) is 92.4 cm³/mol. The molecule has 0 aliphatic rings. The number of benzene rings is 1. The highest BCUT2D eigenvalue weighted by molar-refractivity contribution is 7.89. The number of amides is 1. The third-order valence-corrected chi connectivity index (χ3v) is 5.23. The number of hydrogen-bond acceptors (Lipinski definition) is 4. The molecule has 0 aliphatic heterocycles. The molecule has 0 fully saturated rings. The second-order valence-corrected chi connectivity index (χ2v) is 7.77. The van der Waals surface area contributed by atoms with E-state index in [-0.39, 0.29) is 33.5 Å². The number of rotatable bonds is 8. The van der Waals surface area contributed by atoms with Crippen LogP contribution in [0.1, 0.15) is 37.6 Å². The Balaban J connectivity index is 2.91. The van der Waals surface area contributed by atoms with Crippen molar-refractivity contribution in [1.29, 1.82) is 0 Å². The molecule has 6 nitrogen and oxygen atoms in total. The maximum absolute atomic E-state index is 12.2. The fourth-order valence-corrected chi connectivity index (χ4v) is 3.35. The molecule has 0 saturated carbocycles. The highest BCUT2D eigenvalue weighted by Gasteiger charge is 2.19. The lowest BCUT2D eigenvalue weighted by atomic mass is 10.2. The van der Waals surface area contributed by atoms with Gasteiger partial charge in [0.25, 0.3) is 5.91 Å². The van der Waals surface area contributed by atoms with E-state index in [9.17, 15) is 13.2 Å². The first-order valence-electron chi connectivity index (χ1n) is 7.44. The number of carbonyl (C=O) groups excluding carboxylic acids is 1. The van der Waals surface area contributed by atoms with Gasteiger partial charge in [0, 0.05) is 18.6 Å². The van der Waals surface area contributed by atoms with Crippen LogP contribution in [0.3, 0.4) is 0 Å². The Morgan fingerprint density at radius 3 is 2.48 bits per heavy atom. The maximum Gasteiger partial charge on any atom is 0.252 e. The molecular weight excluding hydrogens is 338 g/mol. The standard InChI is InChI=1S/C15H24ClN3O3S/c1-10(2)19-23(21,22)12-5-6-14(16)13(9-12)15(20)18-8-7-11(3)17-4/h5-6,9-11,17,19H,7-8H2,1-4H3,(H,18,20). The maximum atomic E-state index is 12.2. The quantitative estimate of drug-likeness (QED) is 0.658. The Morgan fingerprint density at radius 2 is 1.91 bits per heavy atom. The Hall–Kier alpha value is -1.15. The van der Waals surface area contributed by atoms with Crippen LogP contribution >= 0.6 is 11.6 Å². The van der Waals surface area contributed by atoms with Gasteiger partial charge in [0.15, 0.2) is 0 Å². The first-order chi connectivity index (χ1) is 10.7. The summed E-state index contributed by atoms with van der Waals surface area (Å²) in [4.78, 5) is 12.2. The zero-order chi connectivity index (χ0) is 17.6. The normalized spacial score (nSPS) is 13.1. The monoisotopic (exact) mass is 361 g/mol. The molecule has 130 valence electrons. The van der Waals surface area contributed by atoms with E-state index >= 15 is 0 Å². The molecule has 23 heavy (non-hydrogen) atoms. The summed E-state index contributed by atoms with van der Waals surface area (Å²) in [6, 6.07) is 4.13. The average Bonchev–Trinajstić information content (AvgIpc) is 2.45. The van der Waals surface area contributed by atoms with Crippen molar-refractivity contribution in [2.75, 3.05) is 13.6 Å². The molecule has 1 unspecified atom stereocenters. The van der Waals surface area contributed by atoms with Gasteiger partial charge in [0.05, 0.1) is 15.5 Å². The third kappa shape index (κ3) is 6.10. The van der Waals surface area contributed by atoms with Gasteiger partial charge in [-0.25, -0.2) is 13.1 Å². The zero-order valence-corrected chi connectivity index (χ0v) is 15.4. The Kier molecular flexibility index (Phi) is 7.47. The van der Waals surface area contributed by atoms with Crippen LogP contribution in [0, 0.1) is 0 Å². The summed E-state index contributed by atoms with van der Waals surface area (Å²) in [6.07, 6.45) is 0.757. The SMILES string of the molecule is CNC(C)CCNC(=O)c1cc(S(=O)(=O)NC(C)C)ccc1Cl. The molecule has 0 heterocycles. The van der Waals surface area contributed by atoms with E-state index in [2.05, 4.69) is 15.4 Å². The van der Waals surface area contributed by atoms with Crippen LogP contribution in [-0.2, 0) is 10.0 Å². The zero-order valence-electron chi connectivity index (χ0n) is 13.8. The van der Waals surface area contributed by atoms with Crippen molar-refractivity contribution < 1.29 is 13.2 Å². The van der Waals surface area contributed by atoms with Crippen LogP contribution in [0.5, 0.6) is 0 Å². The topological polar surface area (TPSA) is 87.3 Å². The molecule has 1 rings (SSSR count). The van der Waals surface area contributed by atoms with Gasteiger partial charge in [0.1, 0.15) is 0 Å². The number of nitrogens with one attached hydrogen (secondary N) is 3. The van der Waals surface area contributed by atoms with Crippen molar-refractivity contribution >= 4 is 27.5 Å². The van der Waals surface area contributed by atoms with E-state index < -0.39 is 10.0 Å². The predicted octanol–water partition coefficient (Wildman–Crippen LogP) is 1.75. The van der Waals surface area contributed by atoms with Crippen LogP contribution in [-0.4, -0.2) is 40.0 Å². The molecule has 0 radical (unpaired) electrons. The molecule has 0 aromatic heterocycles. The van der Waals surface area contributed by atoms with E-state index in [0.29, 0.717) is 6.54 Å². The summed E-state index contributed by atoms with van der Waals surface area (Å²) in [5.74, 6) is -0.389. The molecule has 1 aromatic rings. The summed E-state index contributed by atoms with van der Waals surface area (Å²) >= 11 is 6.03. The van der Waals surface area contributed by atoms with E-state index in [1.165, 1.54) is 18.2 Å².